The van der Waals surface area contributed by atoms with Crippen molar-refractivity contribution in [3.8, 4) is 0 Å². The van der Waals surface area contributed by atoms with E-state index < -0.39 is 4.92 Å². The molecule has 0 aliphatic carbocycles. The van der Waals surface area contributed by atoms with Crippen molar-refractivity contribution < 1.29 is 14.4 Å². The number of ether oxygens (including phenoxy) is 2. The molecule has 2 N–H and O–H groups in total. The van der Waals surface area contributed by atoms with Crippen molar-refractivity contribution in [2.24, 2.45) is 0 Å². The van der Waals surface area contributed by atoms with Gasteiger partial charge in [-0.05, 0) is 6.42 Å². The molecule has 0 bridgehead atoms. The summed E-state index contributed by atoms with van der Waals surface area (Å²) in [4.78, 5) is 18.5. The molecule has 0 unspecified atom stereocenters. The first-order valence-corrected chi connectivity index (χ1v) is 6.74. The van der Waals surface area contributed by atoms with Gasteiger partial charge in [-0.15, -0.1) is 0 Å². The second-order valence-corrected chi connectivity index (χ2v) is 4.14. The Balaban J connectivity index is 2.61. The van der Waals surface area contributed by atoms with Crippen LogP contribution >= 0.6 is 0 Å². The zero-order valence-electron chi connectivity index (χ0n) is 12.3. The van der Waals surface area contributed by atoms with E-state index in [1.807, 2.05) is 6.92 Å². The van der Waals surface area contributed by atoms with Crippen molar-refractivity contribution in [2.45, 2.75) is 13.3 Å². The van der Waals surface area contributed by atoms with E-state index in [2.05, 4.69) is 20.6 Å². The number of hydrogen-bond acceptors (Lipinski definition) is 8. The van der Waals surface area contributed by atoms with Crippen LogP contribution in [0.3, 0.4) is 0 Å². The van der Waals surface area contributed by atoms with E-state index in [4.69, 9.17) is 9.47 Å². The van der Waals surface area contributed by atoms with Crippen LogP contribution in [0, 0.1) is 10.1 Å². The van der Waals surface area contributed by atoms with Crippen molar-refractivity contribution >= 4 is 17.3 Å². The molecule has 9 nitrogen and oxygen atoms in total. The topological polar surface area (TPSA) is 111 Å². The van der Waals surface area contributed by atoms with E-state index in [0.29, 0.717) is 32.9 Å². The van der Waals surface area contributed by atoms with Gasteiger partial charge in [0.25, 0.3) is 0 Å². The Morgan fingerprint density at radius 1 is 1.19 bits per heavy atom. The van der Waals surface area contributed by atoms with E-state index >= 15 is 0 Å². The maximum atomic E-state index is 11.2. The number of anilines is 2. The first-order chi connectivity index (χ1) is 10.2. The minimum atomic E-state index is -0.494. The Bertz CT molecular complexity index is 444. The zero-order chi connectivity index (χ0) is 15.5. The fraction of sp³-hybridized carbons (Fsp3) is 0.667. The van der Waals surface area contributed by atoms with Gasteiger partial charge in [0.2, 0.25) is 11.6 Å². The second kappa shape index (κ2) is 9.83. The highest BCUT2D eigenvalue weighted by molar-refractivity contribution is 5.69. The molecule has 1 heterocycles. The van der Waals surface area contributed by atoms with Gasteiger partial charge < -0.3 is 20.1 Å². The van der Waals surface area contributed by atoms with Crippen LogP contribution in [0.2, 0.25) is 0 Å². The number of methoxy groups -OCH3 is 1. The van der Waals surface area contributed by atoms with Crippen molar-refractivity contribution in [3.05, 3.63) is 16.4 Å². The van der Waals surface area contributed by atoms with Crippen LogP contribution < -0.4 is 10.6 Å². The van der Waals surface area contributed by atoms with Crippen molar-refractivity contribution in [1.29, 1.82) is 0 Å². The Morgan fingerprint density at radius 3 is 2.43 bits per heavy atom. The van der Waals surface area contributed by atoms with Gasteiger partial charge in [0.1, 0.15) is 6.33 Å². The van der Waals surface area contributed by atoms with Gasteiger partial charge in [0.05, 0.1) is 24.7 Å². The summed E-state index contributed by atoms with van der Waals surface area (Å²) in [5.74, 6) is 0.406. The number of rotatable bonds is 11. The number of nitro groups is 1. The molecule has 21 heavy (non-hydrogen) atoms. The summed E-state index contributed by atoms with van der Waals surface area (Å²) in [6, 6.07) is 0. The third-order valence-corrected chi connectivity index (χ3v) is 2.52. The summed E-state index contributed by atoms with van der Waals surface area (Å²) in [6.07, 6.45) is 2.14. The molecule has 0 spiro atoms. The van der Waals surface area contributed by atoms with Gasteiger partial charge in [0.15, 0.2) is 0 Å². The Kier molecular flexibility index (Phi) is 7.99. The van der Waals surface area contributed by atoms with Crippen LogP contribution in [-0.2, 0) is 9.47 Å². The van der Waals surface area contributed by atoms with Crippen LogP contribution in [-0.4, -0.2) is 54.9 Å². The van der Waals surface area contributed by atoms with Gasteiger partial charge in [-0.25, -0.2) is 9.97 Å². The summed E-state index contributed by atoms with van der Waals surface area (Å²) >= 11 is 0. The molecule has 9 heteroatoms. The lowest BCUT2D eigenvalue weighted by Gasteiger charge is -2.09. The summed E-state index contributed by atoms with van der Waals surface area (Å²) in [7, 11) is 1.59. The molecule has 0 aliphatic rings. The largest absolute Gasteiger partial charge is 0.382 e. The third-order valence-electron chi connectivity index (χ3n) is 2.52. The molecule has 0 radical (unpaired) electrons. The Hall–Kier alpha value is -2.00. The van der Waals surface area contributed by atoms with Crippen molar-refractivity contribution in [1.82, 2.24) is 9.97 Å². The van der Waals surface area contributed by atoms with Crippen LogP contribution in [0.4, 0.5) is 17.3 Å². The molecule has 118 valence electrons. The fourth-order valence-corrected chi connectivity index (χ4v) is 1.54. The molecule has 0 saturated heterocycles. The lowest BCUT2D eigenvalue weighted by Crippen LogP contribution is -2.15. The molecular formula is C12H21N5O4. The second-order valence-electron chi connectivity index (χ2n) is 4.14. The molecule has 1 aromatic heterocycles. The first-order valence-electron chi connectivity index (χ1n) is 6.74. The lowest BCUT2D eigenvalue weighted by molar-refractivity contribution is -0.383. The zero-order valence-corrected chi connectivity index (χ0v) is 12.3. The van der Waals surface area contributed by atoms with Crippen LogP contribution in [0.1, 0.15) is 13.3 Å². The highest BCUT2D eigenvalue weighted by Gasteiger charge is 2.22. The molecule has 0 saturated carbocycles. The minimum absolute atomic E-state index is 0.150. The minimum Gasteiger partial charge on any atom is -0.382 e. The Morgan fingerprint density at radius 2 is 1.86 bits per heavy atom. The molecular weight excluding hydrogens is 278 g/mol. The van der Waals surface area contributed by atoms with Gasteiger partial charge >= 0.3 is 5.69 Å². The van der Waals surface area contributed by atoms with E-state index in [0.717, 1.165) is 6.42 Å². The van der Waals surface area contributed by atoms with Gasteiger partial charge in [-0.2, -0.15) is 0 Å². The predicted molar refractivity (Wildman–Crippen MR) is 78.7 cm³/mol. The maximum absolute atomic E-state index is 11.2. The molecule has 1 aromatic rings. The third kappa shape index (κ3) is 5.88. The summed E-state index contributed by atoms with van der Waals surface area (Å²) in [6.45, 7) is 4.39. The maximum Gasteiger partial charge on any atom is 0.353 e. The normalized spacial score (nSPS) is 10.4. The lowest BCUT2D eigenvalue weighted by atomic mass is 10.4. The highest BCUT2D eigenvalue weighted by atomic mass is 16.6. The van der Waals surface area contributed by atoms with E-state index in [9.17, 15) is 10.1 Å². The molecule has 0 fully saturated rings. The van der Waals surface area contributed by atoms with Crippen molar-refractivity contribution in [2.75, 3.05) is 50.7 Å². The molecule has 0 aliphatic heterocycles. The standard InChI is InChI=1S/C12H21N5O4/c1-3-4-13-11-10(17(18)19)12(16-9-15-11)14-5-6-21-8-7-20-2/h9H,3-8H2,1-2H3,(H2,13,14,15,16). The molecule has 0 amide bonds. The number of nitrogens with one attached hydrogen (secondary N) is 2. The SMILES string of the molecule is CCCNc1ncnc(NCCOCCOC)c1[N+](=O)[O-]. The highest BCUT2D eigenvalue weighted by Crippen LogP contribution is 2.28. The van der Waals surface area contributed by atoms with E-state index in [-0.39, 0.29) is 17.3 Å². The van der Waals surface area contributed by atoms with Crippen LogP contribution in [0.15, 0.2) is 6.33 Å². The average molecular weight is 299 g/mol. The van der Waals surface area contributed by atoms with Crippen LogP contribution in [0.5, 0.6) is 0 Å². The van der Waals surface area contributed by atoms with Gasteiger partial charge in [0, 0.05) is 20.2 Å². The first kappa shape index (κ1) is 17.1. The van der Waals surface area contributed by atoms with Crippen LogP contribution in [0.25, 0.3) is 0 Å². The molecule has 1 rings (SSSR count). The van der Waals surface area contributed by atoms with Gasteiger partial charge in [-0.3, -0.25) is 10.1 Å². The fourth-order valence-electron chi connectivity index (χ4n) is 1.54. The Labute approximate surface area is 123 Å². The molecule has 0 atom stereocenters. The van der Waals surface area contributed by atoms with Gasteiger partial charge in [-0.1, -0.05) is 6.92 Å². The number of aromatic nitrogens is 2. The molecule has 0 aromatic carbocycles. The monoisotopic (exact) mass is 299 g/mol. The predicted octanol–water partition coefficient (Wildman–Crippen LogP) is 1.28. The van der Waals surface area contributed by atoms with E-state index in [1.165, 1.54) is 6.33 Å². The summed E-state index contributed by atoms with van der Waals surface area (Å²) in [5, 5.41) is 17.0. The number of nitrogens with zero attached hydrogens (tertiary/aromatic N) is 3. The summed E-state index contributed by atoms with van der Waals surface area (Å²) in [5.41, 5.74) is -0.150. The smallest absolute Gasteiger partial charge is 0.353 e. The number of hydrogen-bond donors (Lipinski definition) is 2. The average Bonchev–Trinajstić information content (AvgIpc) is 2.48. The van der Waals surface area contributed by atoms with E-state index in [1.54, 1.807) is 7.11 Å². The summed E-state index contributed by atoms with van der Waals surface area (Å²) < 4.78 is 10.1. The van der Waals surface area contributed by atoms with Crippen molar-refractivity contribution in [3.63, 3.8) is 0 Å². The quantitative estimate of drug-likeness (QED) is 0.357.